The van der Waals surface area contributed by atoms with Crippen molar-refractivity contribution in [3.8, 4) is 18.1 Å². The number of aliphatic carboxylic acids is 1. The molecule has 518 valence electrons. The molecule has 4 saturated heterocycles. The molecule has 4 aliphatic rings. The standard InChI is InChI=1S/C66H90F2N12O14S/c1-3-51-38-66(67,68)44-80(51)61(86)40-72-64(90)54-19-21-69-56-18-17-52(36-55(54)56)94-35-8-7-22-73-31-33-78(34-32-73)62(87)42-79-60(85)37-57(65(79)91)95-53(11-5-4-6-20-70-58(83)12-9-10-50-15-13-49(2)14-16-50)39-71-59(84)41-74-23-24-75(43-63(88)89)26-28-77(46-93-48-82)30-29-76(27-25-74)45-92-47-81/h1,13-19,21,36,47-48,51,53,57H,4-12,20,22-35,37-46H2,2H3,(H,70,83)(H,71,84)(H,72,90)(H,88,89)/t51-,53+,57?/m0/s1. The molecule has 2 aromatic carbocycles. The Balaban J connectivity index is 0.866. The summed E-state index contributed by atoms with van der Waals surface area (Å²) in [7, 11) is 0. The highest BCUT2D eigenvalue weighted by atomic mass is 32.2. The smallest absolute Gasteiger partial charge is 0.317 e. The molecule has 0 aliphatic carbocycles. The molecule has 3 atom stereocenters. The third kappa shape index (κ3) is 25.0. The van der Waals surface area contributed by atoms with Gasteiger partial charge in [-0.05, 0) is 81.8 Å². The van der Waals surface area contributed by atoms with Gasteiger partial charge in [-0.1, -0.05) is 48.6 Å². The number of ether oxygens (including phenoxy) is 3. The number of thioether (sulfide) groups is 1. The van der Waals surface area contributed by atoms with Gasteiger partial charge in [-0.15, -0.1) is 18.2 Å². The summed E-state index contributed by atoms with van der Waals surface area (Å²) in [5, 5.41) is 17.7. The first kappa shape index (κ1) is 74.5. The average molecular weight is 1350 g/mol. The van der Waals surface area contributed by atoms with Gasteiger partial charge >= 0.3 is 5.97 Å². The summed E-state index contributed by atoms with van der Waals surface area (Å²) >= 11 is 1.30. The second-order valence-corrected chi connectivity index (χ2v) is 25.8. The van der Waals surface area contributed by atoms with Gasteiger partial charge in [-0.25, -0.2) is 8.78 Å². The van der Waals surface area contributed by atoms with Crippen molar-refractivity contribution >= 4 is 82.9 Å². The molecule has 0 saturated carbocycles. The highest BCUT2D eigenvalue weighted by Gasteiger charge is 2.46. The van der Waals surface area contributed by atoms with Gasteiger partial charge in [-0.3, -0.25) is 82.3 Å². The number of hydrogen-bond donors (Lipinski definition) is 4. The molecule has 3 aromatic rings. The van der Waals surface area contributed by atoms with E-state index in [4.69, 9.17) is 20.6 Å². The molecule has 4 aliphatic heterocycles. The van der Waals surface area contributed by atoms with Crippen LogP contribution in [0.1, 0.15) is 85.7 Å². The lowest BCUT2D eigenvalue weighted by Gasteiger charge is -2.35. The lowest BCUT2D eigenvalue weighted by molar-refractivity contribution is -0.146. The summed E-state index contributed by atoms with van der Waals surface area (Å²) in [5.41, 5.74) is 3.10. The normalized spacial score (nSPS) is 19.1. The molecule has 4 N–H and O–H groups in total. The first-order valence-electron chi connectivity index (χ1n) is 32.5. The molecule has 95 heavy (non-hydrogen) atoms. The highest BCUT2D eigenvalue weighted by molar-refractivity contribution is 8.01. The number of nitrogens with one attached hydrogen (secondary N) is 3. The lowest BCUT2D eigenvalue weighted by Crippen LogP contribution is -2.52. The zero-order valence-corrected chi connectivity index (χ0v) is 55.0. The monoisotopic (exact) mass is 1340 g/mol. The fourth-order valence-electron chi connectivity index (χ4n) is 11.8. The number of pyridine rings is 1. The average Bonchev–Trinajstić information content (AvgIpc) is 1.84. The van der Waals surface area contributed by atoms with Crippen LogP contribution >= 0.6 is 11.8 Å². The van der Waals surface area contributed by atoms with E-state index in [1.54, 1.807) is 28.0 Å². The number of hydrogen-bond acceptors (Lipinski definition) is 20. The minimum Gasteiger partial charge on any atom is -0.494 e. The maximum atomic E-state index is 14.1. The van der Waals surface area contributed by atoms with Gasteiger partial charge in [0.2, 0.25) is 35.4 Å². The minimum absolute atomic E-state index is 0.00642. The number of unbranched alkanes of at least 4 members (excludes halogenated alkanes) is 3. The number of alkyl halides is 2. The molecule has 1 unspecified atom stereocenters. The Morgan fingerprint density at radius 2 is 1.42 bits per heavy atom. The van der Waals surface area contributed by atoms with Crippen LogP contribution in [0, 0.1) is 19.3 Å². The third-order valence-electron chi connectivity index (χ3n) is 17.2. The third-order valence-corrected chi connectivity index (χ3v) is 18.7. The van der Waals surface area contributed by atoms with Crippen LogP contribution in [0.15, 0.2) is 54.7 Å². The SMILES string of the molecule is C#C[C@H]1CC(F)(F)CN1C(=O)CNC(=O)c1ccnc2ccc(OCCCCN3CCN(C(=O)CN4C(=O)CC(S[C@H](CCCCCNC(=O)CCCc5ccc(C)cc5)CNC(=O)CN5CCN(COC=O)CCN(COC=O)CCN(CC(=O)O)CC5)C4=O)CC3)cc12. The van der Waals surface area contributed by atoms with E-state index in [1.165, 1.54) is 35.2 Å². The van der Waals surface area contributed by atoms with E-state index in [0.717, 1.165) is 42.0 Å². The predicted octanol–water partition coefficient (Wildman–Crippen LogP) is 2.06. The van der Waals surface area contributed by atoms with Crippen LogP contribution in [0.25, 0.3) is 10.9 Å². The van der Waals surface area contributed by atoms with Gasteiger partial charge in [0.15, 0.2) is 0 Å². The van der Waals surface area contributed by atoms with Crippen LogP contribution in [0.2, 0.25) is 0 Å². The number of terminal acetylenes is 1. The molecule has 29 heteroatoms. The number of halogens is 2. The Labute approximate surface area is 557 Å². The molecule has 5 heterocycles. The van der Waals surface area contributed by atoms with E-state index in [9.17, 15) is 61.8 Å². The molecule has 1 aromatic heterocycles. The van der Waals surface area contributed by atoms with E-state index < -0.39 is 66.3 Å². The van der Waals surface area contributed by atoms with Crippen molar-refractivity contribution in [2.45, 2.75) is 100 Å². The number of piperazine rings is 1. The van der Waals surface area contributed by atoms with Crippen molar-refractivity contribution in [1.82, 2.24) is 60.1 Å². The molecule has 7 rings (SSSR count). The number of carboxylic acid groups (broad SMARTS) is 1. The summed E-state index contributed by atoms with van der Waals surface area (Å²) in [5.74, 6) is -4.29. The molecule has 0 spiro atoms. The van der Waals surface area contributed by atoms with E-state index >= 15 is 0 Å². The van der Waals surface area contributed by atoms with Gasteiger partial charge in [0.25, 0.3) is 24.8 Å². The number of carbonyl (C=O) groups is 10. The molecule has 4 fully saturated rings. The van der Waals surface area contributed by atoms with Gasteiger partial charge in [-0.2, -0.15) is 0 Å². The van der Waals surface area contributed by atoms with Crippen molar-refractivity contribution in [2.24, 2.45) is 0 Å². The first-order valence-corrected chi connectivity index (χ1v) is 33.5. The van der Waals surface area contributed by atoms with E-state index in [2.05, 4.69) is 56.0 Å². The number of likely N-dealkylation sites (tertiary alicyclic amines) is 2. The number of carbonyl (C=O) groups excluding carboxylic acids is 9. The number of imide groups is 1. The van der Waals surface area contributed by atoms with E-state index in [1.807, 2.05) is 21.6 Å². The number of rotatable bonds is 35. The molecular formula is C66H90F2N12O14S. The lowest BCUT2D eigenvalue weighted by atomic mass is 10.1. The summed E-state index contributed by atoms with van der Waals surface area (Å²) in [6.07, 6.45) is 12.2. The van der Waals surface area contributed by atoms with Crippen molar-refractivity contribution in [1.29, 1.82) is 0 Å². The van der Waals surface area contributed by atoms with Crippen molar-refractivity contribution < 1.29 is 76.0 Å². The second-order valence-electron chi connectivity index (χ2n) is 24.3. The zero-order valence-electron chi connectivity index (χ0n) is 54.1. The number of nitrogens with zero attached hydrogens (tertiary/aromatic N) is 9. The molecule has 0 radical (unpaired) electrons. The van der Waals surface area contributed by atoms with Crippen molar-refractivity contribution in [3.63, 3.8) is 0 Å². The number of amides is 7. The Morgan fingerprint density at radius 1 is 0.758 bits per heavy atom. The van der Waals surface area contributed by atoms with Gasteiger partial charge in [0.05, 0.1) is 55.2 Å². The second kappa shape index (κ2) is 38.6. The fraction of sp³-hybridized carbons (Fsp3) is 0.591. The number of aryl methyl sites for hydroxylation is 2. The number of aromatic nitrogens is 1. The maximum Gasteiger partial charge on any atom is 0.317 e. The maximum absolute atomic E-state index is 14.1. The Kier molecular flexibility index (Phi) is 30.3. The summed E-state index contributed by atoms with van der Waals surface area (Å²) < 4.78 is 44.1. The van der Waals surface area contributed by atoms with Crippen LogP contribution in [-0.2, 0) is 59.0 Å². The molecule has 7 amide bonds. The van der Waals surface area contributed by atoms with E-state index in [-0.39, 0.29) is 74.6 Å². The van der Waals surface area contributed by atoms with Gasteiger partial charge in [0.1, 0.15) is 25.8 Å². The number of carboxylic acids is 1. The van der Waals surface area contributed by atoms with Crippen molar-refractivity contribution in [3.05, 3.63) is 71.4 Å². The van der Waals surface area contributed by atoms with Crippen LogP contribution < -0.4 is 20.7 Å². The zero-order chi connectivity index (χ0) is 68.1. The summed E-state index contributed by atoms with van der Waals surface area (Å²) in [4.78, 5) is 146. The molecule has 26 nitrogen and oxygen atoms in total. The largest absolute Gasteiger partial charge is 0.494 e. The predicted molar refractivity (Wildman–Crippen MR) is 349 cm³/mol. The van der Waals surface area contributed by atoms with Crippen LogP contribution in [0.3, 0.4) is 0 Å². The van der Waals surface area contributed by atoms with Crippen LogP contribution in [0.4, 0.5) is 8.78 Å². The Bertz CT molecular complexity index is 3120. The van der Waals surface area contributed by atoms with Crippen LogP contribution in [-0.4, -0.2) is 283 Å². The summed E-state index contributed by atoms with van der Waals surface area (Å²) in [6, 6.07) is 13.8. The minimum atomic E-state index is -3.11. The number of benzene rings is 2. The Hall–Kier alpha value is -7.88. The molecule has 0 bridgehead atoms. The quantitative estimate of drug-likeness (QED) is 0.0284. The number of fused-ring (bicyclic) bond motifs is 1. The fourth-order valence-corrected chi connectivity index (χ4v) is 13.2. The van der Waals surface area contributed by atoms with Crippen LogP contribution in [0.5, 0.6) is 5.75 Å². The van der Waals surface area contributed by atoms with E-state index in [0.29, 0.717) is 153 Å². The van der Waals surface area contributed by atoms with Crippen molar-refractivity contribution in [2.75, 3.05) is 151 Å². The topological polar surface area (TPSA) is 294 Å². The highest BCUT2D eigenvalue weighted by Crippen LogP contribution is 2.33. The van der Waals surface area contributed by atoms with Gasteiger partial charge in [0, 0.05) is 128 Å². The first-order chi connectivity index (χ1) is 45.8. The Morgan fingerprint density at radius 3 is 2.08 bits per heavy atom. The van der Waals surface area contributed by atoms with Gasteiger partial charge < -0.3 is 45.1 Å². The summed E-state index contributed by atoms with van der Waals surface area (Å²) in [6.45, 7) is 7.31. The molecular weight excluding hydrogens is 1250 g/mol.